The molecule has 0 aliphatic carbocycles. The normalized spacial score (nSPS) is 10.5. The number of nitrogens with zero attached hydrogens (tertiary/aromatic N) is 3. The first-order chi connectivity index (χ1) is 9.08. The van der Waals surface area contributed by atoms with Crippen LogP contribution >= 0.6 is 0 Å². The number of aryl methyl sites for hydroxylation is 2. The number of nitrogens with one attached hydrogen (secondary N) is 1. The number of carbonyl (C=O) groups is 1. The van der Waals surface area contributed by atoms with Gasteiger partial charge < -0.3 is 11.1 Å². The third-order valence-electron chi connectivity index (χ3n) is 2.77. The first-order valence-electron chi connectivity index (χ1n) is 6.04. The summed E-state index contributed by atoms with van der Waals surface area (Å²) >= 11 is 0. The average Bonchev–Trinajstić information content (AvgIpc) is 2.81. The summed E-state index contributed by atoms with van der Waals surface area (Å²) in [6, 6.07) is 5.93. The van der Waals surface area contributed by atoms with Crippen LogP contribution in [0.2, 0.25) is 0 Å². The van der Waals surface area contributed by atoms with E-state index in [1.807, 2.05) is 32.0 Å². The smallest absolute Gasteiger partial charge is 0.246 e. The number of nitrogens with two attached hydrogens (primary N) is 1. The highest BCUT2D eigenvalue weighted by Gasteiger charge is 2.07. The van der Waals surface area contributed by atoms with Crippen LogP contribution < -0.4 is 11.1 Å². The number of rotatable bonds is 4. The van der Waals surface area contributed by atoms with Crippen molar-refractivity contribution >= 4 is 11.6 Å². The van der Waals surface area contributed by atoms with Crippen molar-refractivity contribution in [2.45, 2.75) is 26.9 Å². The number of carbonyl (C=O) groups excluding carboxylic acids is 1. The molecule has 2 aromatic rings. The summed E-state index contributed by atoms with van der Waals surface area (Å²) in [5, 5.41) is 10.5. The molecule has 6 heteroatoms. The second kappa shape index (κ2) is 5.62. The average molecular weight is 259 g/mol. The molecule has 1 aromatic carbocycles. The molecule has 0 aliphatic heterocycles. The van der Waals surface area contributed by atoms with Crippen molar-refractivity contribution in [1.82, 2.24) is 15.0 Å². The van der Waals surface area contributed by atoms with Gasteiger partial charge in [0.05, 0.1) is 11.9 Å². The Morgan fingerprint density at radius 2 is 2.21 bits per heavy atom. The number of anilines is 1. The largest absolute Gasteiger partial charge is 0.325 e. The molecule has 0 aliphatic rings. The van der Waals surface area contributed by atoms with Gasteiger partial charge >= 0.3 is 0 Å². The fourth-order valence-corrected chi connectivity index (χ4v) is 1.72. The Bertz CT molecular complexity index is 590. The van der Waals surface area contributed by atoms with Gasteiger partial charge in [0, 0.05) is 12.2 Å². The van der Waals surface area contributed by atoms with E-state index in [4.69, 9.17) is 5.73 Å². The molecule has 6 nitrogen and oxygen atoms in total. The van der Waals surface area contributed by atoms with Crippen LogP contribution in [0.1, 0.15) is 16.8 Å². The van der Waals surface area contributed by atoms with Crippen LogP contribution in [-0.4, -0.2) is 20.9 Å². The van der Waals surface area contributed by atoms with Crippen LogP contribution in [0.25, 0.3) is 0 Å². The Morgan fingerprint density at radius 3 is 2.89 bits per heavy atom. The molecule has 1 amide bonds. The number of benzene rings is 1. The first kappa shape index (κ1) is 13.2. The van der Waals surface area contributed by atoms with Crippen LogP contribution in [0.5, 0.6) is 0 Å². The zero-order valence-corrected chi connectivity index (χ0v) is 11.1. The van der Waals surface area contributed by atoms with Crippen molar-refractivity contribution in [3.05, 3.63) is 41.2 Å². The van der Waals surface area contributed by atoms with Gasteiger partial charge in [-0.1, -0.05) is 17.3 Å². The standard InChI is InChI=1S/C13H17N5O/c1-9-3-4-10(2)12(5-9)15-13(19)8-18-7-11(6-14)16-17-18/h3-5,7H,6,8,14H2,1-2H3,(H,15,19). The van der Waals surface area contributed by atoms with E-state index in [0.29, 0.717) is 12.2 Å². The quantitative estimate of drug-likeness (QED) is 0.857. The van der Waals surface area contributed by atoms with E-state index in [2.05, 4.69) is 15.6 Å². The van der Waals surface area contributed by atoms with Crippen molar-refractivity contribution in [3.8, 4) is 0 Å². The van der Waals surface area contributed by atoms with Gasteiger partial charge in [0.25, 0.3) is 0 Å². The molecule has 0 saturated carbocycles. The van der Waals surface area contributed by atoms with E-state index in [9.17, 15) is 4.79 Å². The molecule has 3 N–H and O–H groups in total. The molecule has 0 spiro atoms. The molecule has 1 heterocycles. The van der Waals surface area contributed by atoms with Gasteiger partial charge in [-0.2, -0.15) is 0 Å². The molecule has 0 radical (unpaired) electrons. The molecule has 0 fully saturated rings. The van der Waals surface area contributed by atoms with Gasteiger partial charge in [-0.25, -0.2) is 4.68 Å². The summed E-state index contributed by atoms with van der Waals surface area (Å²) in [5.41, 5.74) is 9.06. The summed E-state index contributed by atoms with van der Waals surface area (Å²) in [5.74, 6) is -0.137. The minimum atomic E-state index is -0.137. The lowest BCUT2D eigenvalue weighted by atomic mass is 10.1. The molecule has 0 unspecified atom stereocenters. The lowest BCUT2D eigenvalue weighted by molar-refractivity contribution is -0.116. The second-order valence-electron chi connectivity index (χ2n) is 4.48. The Morgan fingerprint density at radius 1 is 1.42 bits per heavy atom. The van der Waals surface area contributed by atoms with Crippen molar-refractivity contribution in [3.63, 3.8) is 0 Å². The first-order valence-corrected chi connectivity index (χ1v) is 6.04. The maximum absolute atomic E-state index is 11.9. The molecule has 100 valence electrons. The number of hydrogen-bond donors (Lipinski definition) is 2. The van der Waals surface area contributed by atoms with Crippen molar-refractivity contribution < 1.29 is 4.79 Å². The fraction of sp³-hybridized carbons (Fsp3) is 0.308. The van der Waals surface area contributed by atoms with Crippen LogP contribution in [0.15, 0.2) is 24.4 Å². The molecular formula is C13H17N5O. The molecule has 1 aromatic heterocycles. The Kier molecular flexibility index (Phi) is 3.91. The van der Waals surface area contributed by atoms with E-state index >= 15 is 0 Å². The monoisotopic (exact) mass is 259 g/mol. The molecule has 2 rings (SSSR count). The van der Waals surface area contributed by atoms with E-state index < -0.39 is 0 Å². The van der Waals surface area contributed by atoms with Gasteiger partial charge in [0.1, 0.15) is 6.54 Å². The summed E-state index contributed by atoms with van der Waals surface area (Å²) in [6.07, 6.45) is 1.67. The summed E-state index contributed by atoms with van der Waals surface area (Å²) in [4.78, 5) is 11.9. The topological polar surface area (TPSA) is 85.8 Å². The highest BCUT2D eigenvalue weighted by atomic mass is 16.2. The zero-order valence-electron chi connectivity index (χ0n) is 11.1. The third-order valence-corrected chi connectivity index (χ3v) is 2.77. The van der Waals surface area contributed by atoms with Gasteiger partial charge in [0.2, 0.25) is 5.91 Å². The van der Waals surface area contributed by atoms with E-state index in [1.165, 1.54) is 4.68 Å². The third kappa shape index (κ3) is 3.38. The number of hydrogen-bond acceptors (Lipinski definition) is 4. The van der Waals surface area contributed by atoms with Crippen molar-refractivity contribution in [1.29, 1.82) is 0 Å². The maximum Gasteiger partial charge on any atom is 0.246 e. The van der Waals surface area contributed by atoms with Gasteiger partial charge in [-0.3, -0.25) is 4.79 Å². The Balaban J connectivity index is 2.03. The number of aromatic nitrogens is 3. The minimum absolute atomic E-state index is 0.125. The van der Waals surface area contributed by atoms with Crippen LogP contribution in [0, 0.1) is 13.8 Å². The molecular weight excluding hydrogens is 242 g/mol. The maximum atomic E-state index is 11.9. The molecule has 19 heavy (non-hydrogen) atoms. The van der Waals surface area contributed by atoms with Crippen LogP contribution in [0.3, 0.4) is 0 Å². The van der Waals surface area contributed by atoms with E-state index in [0.717, 1.165) is 16.8 Å². The highest BCUT2D eigenvalue weighted by molar-refractivity contribution is 5.91. The highest BCUT2D eigenvalue weighted by Crippen LogP contribution is 2.16. The Labute approximate surface area is 111 Å². The number of amides is 1. The zero-order chi connectivity index (χ0) is 13.8. The van der Waals surface area contributed by atoms with Gasteiger partial charge in [-0.05, 0) is 31.0 Å². The molecule has 0 atom stereocenters. The molecule has 0 saturated heterocycles. The second-order valence-corrected chi connectivity index (χ2v) is 4.48. The van der Waals surface area contributed by atoms with Crippen LogP contribution in [-0.2, 0) is 17.9 Å². The predicted molar refractivity (Wildman–Crippen MR) is 72.5 cm³/mol. The lowest BCUT2D eigenvalue weighted by Gasteiger charge is -2.09. The van der Waals surface area contributed by atoms with E-state index in [-0.39, 0.29) is 12.5 Å². The van der Waals surface area contributed by atoms with Crippen molar-refractivity contribution in [2.24, 2.45) is 5.73 Å². The fourth-order valence-electron chi connectivity index (χ4n) is 1.72. The minimum Gasteiger partial charge on any atom is -0.325 e. The summed E-state index contributed by atoms with van der Waals surface area (Å²) in [6.45, 7) is 4.38. The SMILES string of the molecule is Cc1ccc(C)c(NC(=O)Cn2cc(CN)nn2)c1. The van der Waals surface area contributed by atoms with E-state index in [1.54, 1.807) is 6.20 Å². The molecule has 0 bridgehead atoms. The van der Waals surface area contributed by atoms with Gasteiger partial charge in [-0.15, -0.1) is 5.10 Å². The Hall–Kier alpha value is -2.21. The predicted octanol–water partition coefficient (Wildman–Crippen LogP) is 0.992. The van der Waals surface area contributed by atoms with Gasteiger partial charge in [0.15, 0.2) is 0 Å². The summed E-state index contributed by atoms with van der Waals surface area (Å²) < 4.78 is 1.47. The van der Waals surface area contributed by atoms with Crippen LogP contribution in [0.4, 0.5) is 5.69 Å². The summed E-state index contributed by atoms with van der Waals surface area (Å²) in [7, 11) is 0. The van der Waals surface area contributed by atoms with Crippen molar-refractivity contribution in [2.75, 3.05) is 5.32 Å². The lowest BCUT2D eigenvalue weighted by Crippen LogP contribution is -2.19.